The van der Waals surface area contributed by atoms with Gasteiger partial charge in [-0.25, -0.2) is 0 Å². The van der Waals surface area contributed by atoms with Gasteiger partial charge in [-0.3, -0.25) is 0 Å². The van der Waals surface area contributed by atoms with Gasteiger partial charge in [0.25, 0.3) is 0 Å². The topological polar surface area (TPSA) is 12.0 Å². The molecule has 0 spiro atoms. The highest BCUT2D eigenvalue weighted by Gasteiger charge is 2.31. The summed E-state index contributed by atoms with van der Waals surface area (Å²) in [6.45, 7) is 4.40. The lowest BCUT2D eigenvalue weighted by Crippen LogP contribution is -2.30. The van der Waals surface area contributed by atoms with Crippen molar-refractivity contribution in [2.45, 2.75) is 45.3 Å². The van der Waals surface area contributed by atoms with Crippen molar-refractivity contribution in [3.63, 3.8) is 0 Å². The Morgan fingerprint density at radius 3 is 2.20 bits per heavy atom. The lowest BCUT2D eigenvalue weighted by molar-refractivity contribution is -0.137. The van der Waals surface area contributed by atoms with Crippen molar-refractivity contribution in [3.8, 4) is 0 Å². The van der Waals surface area contributed by atoms with E-state index in [0.29, 0.717) is 22.0 Å². The van der Waals surface area contributed by atoms with E-state index in [1.165, 1.54) is 12.5 Å². The van der Waals surface area contributed by atoms with E-state index >= 15 is 0 Å². The third-order valence-electron chi connectivity index (χ3n) is 3.77. The maximum Gasteiger partial charge on any atom is 0.416 e. The summed E-state index contributed by atoms with van der Waals surface area (Å²) in [6, 6.07) is 4.26. The van der Waals surface area contributed by atoms with Crippen LogP contribution in [-0.2, 0) is 6.18 Å². The number of nitrogens with one attached hydrogen (secondary N) is 1. The number of halogens is 4. The average Bonchev–Trinajstić information content (AvgIpc) is 2.25. The third kappa shape index (κ3) is 4.14. The van der Waals surface area contributed by atoms with E-state index < -0.39 is 11.7 Å². The molecule has 0 amide bonds. The summed E-state index contributed by atoms with van der Waals surface area (Å²) >= 11 is 3.15. The molecular formula is C15H19BrF3N. The van der Waals surface area contributed by atoms with Gasteiger partial charge in [-0.2, -0.15) is 13.2 Å². The molecule has 2 rings (SSSR count). The van der Waals surface area contributed by atoms with Crippen molar-refractivity contribution in [3.05, 3.63) is 28.2 Å². The number of hydrogen-bond acceptors (Lipinski definition) is 1. The molecule has 1 N–H and O–H groups in total. The summed E-state index contributed by atoms with van der Waals surface area (Å²) in [4.78, 5) is 0. The van der Waals surface area contributed by atoms with Crippen molar-refractivity contribution in [1.82, 2.24) is 0 Å². The van der Waals surface area contributed by atoms with Gasteiger partial charge in [-0.15, -0.1) is 0 Å². The molecule has 20 heavy (non-hydrogen) atoms. The molecule has 0 aromatic heterocycles. The number of benzene rings is 1. The van der Waals surface area contributed by atoms with Crippen LogP contribution in [0.25, 0.3) is 0 Å². The minimum Gasteiger partial charge on any atom is -0.382 e. The van der Waals surface area contributed by atoms with Crippen LogP contribution in [0.2, 0.25) is 0 Å². The number of anilines is 1. The van der Waals surface area contributed by atoms with Gasteiger partial charge in [0.05, 0.1) is 5.56 Å². The summed E-state index contributed by atoms with van der Waals surface area (Å²) < 4.78 is 38.9. The van der Waals surface area contributed by atoms with E-state index in [1.807, 2.05) is 0 Å². The number of rotatable bonds is 2. The predicted molar refractivity (Wildman–Crippen MR) is 78.7 cm³/mol. The van der Waals surface area contributed by atoms with E-state index in [1.54, 1.807) is 6.07 Å². The monoisotopic (exact) mass is 349 g/mol. The molecule has 2 atom stereocenters. The Labute approximate surface area is 126 Å². The molecule has 1 saturated carbocycles. The van der Waals surface area contributed by atoms with Gasteiger partial charge in [0.2, 0.25) is 0 Å². The quantitative estimate of drug-likeness (QED) is 0.721. The van der Waals surface area contributed by atoms with Crippen LogP contribution < -0.4 is 5.32 Å². The molecule has 1 aliphatic rings. The normalized spacial score (nSPS) is 27.4. The van der Waals surface area contributed by atoms with Gasteiger partial charge in [-0.1, -0.05) is 29.8 Å². The zero-order valence-corrected chi connectivity index (χ0v) is 13.2. The van der Waals surface area contributed by atoms with E-state index in [4.69, 9.17) is 0 Å². The van der Waals surface area contributed by atoms with E-state index in [-0.39, 0.29) is 6.04 Å². The maximum atomic E-state index is 12.8. The summed E-state index contributed by atoms with van der Waals surface area (Å²) in [5.41, 5.74) is -0.0794. The highest BCUT2D eigenvalue weighted by Crippen LogP contribution is 2.35. The van der Waals surface area contributed by atoms with Crippen molar-refractivity contribution in [2.24, 2.45) is 11.8 Å². The molecule has 5 heteroatoms. The second-order valence-corrected chi connectivity index (χ2v) is 6.90. The fourth-order valence-electron chi connectivity index (χ4n) is 3.14. The molecule has 0 radical (unpaired) electrons. The zero-order chi connectivity index (χ0) is 14.9. The SMILES string of the molecule is CC1CC(C)CC(Nc2cc(Br)cc(C(F)(F)F)c2)C1. The Kier molecular flexibility index (Phi) is 4.67. The molecule has 0 saturated heterocycles. The number of alkyl halides is 3. The first-order valence-corrected chi connectivity index (χ1v) is 7.67. The summed E-state index contributed by atoms with van der Waals surface area (Å²) in [7, 11) is 0. The van der Waals surface area contributed by atoms with Crippen LogP contribution in [0.1, 0.15) is 38.7 Å². The van der Waals surface area contributed by atoms with E-state index in [2.05, 4.69) is 35.1 Å². The highest BCUT2D eigenvalue weighted by molar-refractivity contribution is 9.10. The lowest BCUT2D eigenvalue weighted by atomic mass is 9.80. The zero-order valence-electron chi connectivity index (χ0n) is 11.6. The lowest BCUT2D eigenvalue weighted by Gasteiger charge is -2.32. The molecule has 1 nitrogen and oxygen atoms in total. The molecule has 1 aromatic rings. The van der Waals surface area contributed by atoms with Crippen molar-refractivity contribution >= 4 is 21.6 Å². The summed E-state index contributed by atoms with van der Waals surface area (Å²) in [5.74, 6) is 1.23. The van der Waals surface area contributed by atoms with Crippen LogP contribution in [0.5, 0.6) is 0 Å². The fourth-order valence-corrected chi connectivity index (χ4v) is 3.63. The standard InChI is InChI=1S/C15H19BrF3N/c1-9-3-10(2)5-13(4-9)20-14-7-11(15(17,18)19)6-12(16)8-14/h6-10,13,20H,3-5H2,1-2H3. The van der Waals surface area contributed by atoms with Gasteiger partial charge in [0, 0.05) is 16.2 Å². The highest BCUT2D eigenvalue weighted by atomic mass is 79.9. The Balaban J connectivity index is 2.15. The Morgan fingerprint density at radius 1 is 1.05 bits per heavy atom. The second kappa shape index (κ2) is 5.96. The largest absolute Gasteiger partial charge is 0.416 e. The molecular weight excluding hydrogens is 331 g/mol. The van der Waals surface area contributed by atoms with Crippen molar-refractivity contribution in [1.29, 1.82) is 0 Å². The minimum absolute atomic E-state index is 0.254. The molecule has 1 aliphatic carbocycles. The van der Waals surface area contributed by atoms with Crippen molar-refractivity contribution < 1.29 is 13.2 Å². The first kappa shape index (κ1) is 15.7. The van der Waals surface area contributed by atoms with E-state index in [0.717, 1.165) is 18.9 Å². The summed E-state index contributed by atoms with van der Waals surface area (Å²) in [5, 5.41) is 3.26. The molecule has 1 fully saturated rings. The van der Waals surface area contributed by atoms with Crippen LogP contribution in [0, 0.1) is 11.8 Å². The summed E-state index contributed by atoms with van der Waals surface area (Å²) in [6.07, 6.45) is -1.09. The van der Waals surface area contributed by atoms with Crippen molar-refractivity contribution in [2.75, 3.05) is 5.32 Å². The molecule has 0 bridgehead atoms. The third-order valence-corrected chi connectivity index (χ3v) is 4.23. The first-order chi connectivity index (χ1) is 9.24. The maximum absolute atomic E-state index is 12.8. The predicted octanol–water partition coefficient (Wildman–Crippen LogP) is 5.70. The Hall–Kier alpha value is -0.710. The van der Waals surface area contributed by atoms with Crippen LogP contribution in [-0.4, -0.2) is 6.04 Å². The Bertz CT molecular complexity index is 463. The first-order valence-electron chi connectivity index (χ1n) is 6.88. The van der Waals surface area contributed by atoms with E-state index in [9.17, 15) is 13.2 Å². The molecule has 1 aromatic carbocycles. The molecule has 0 aliphatic heterocycles. The molecule has 112 valence electrons. The molecule has 2 unspecified atom stereocenters. The van der Waals surface area contributed by atoms with Gasteiger partial charge in [0.15, 0.2) is 0 Å². The smallest absolute Gasteiger partial charge is 0.382 e. The van der Waals surface area contributed by atoms with Crippen LogP contribution in [0.4, 0.5) is 18.9 Å². The van der Waals surface area contributed by atoms with Gasteiger partial charge < -0.3 is 5.32 Å². The molecule has 0 heterocycles. The van der Waals surface area contributed by atoms with Crippen LogP contribution in [0.15, 0.2) is 22.7 Å². The van der Waals surface area contributed by atoms with Crippen LogP contribution >= 0.6 is 15.9 Å². The minimum atomic E-state index is -4.31. The van der Waals surface area contributed by atoms with Gasteiger partial charge >= 0.3 is 6.18 Å². The Morgan fingerprint density at radius 2 is 1.65 bits per heavy atom. The van der Waals surface area contributed by atoms with Gasteiger partial charge in [-0.05, 0) is 49.3 Å². The number of hydrogen-bond donors (Lipinski definition) is 1. The van der Waals surface area contributed by atoms with Crippen LogP contribution in [0.3, 0.4) is 0 Å². The second-order valence-electron chi connectivity index (χ2n) is 5.99. The fraction of sp³-hybridized carbons (Fsp3) is 0.600. The van der Waals surface area contributed by atoms with Gasteiger partial charge in [0.1, 0.15) is 0 Å². The average molecular weight is 350 g/mol.